The number of ether oxygens (including phenoxy) is 1. The fraction of sp³-hybridized carbons (Fsp3) is 0.714. The Morgan fingerprint density at radius 1 is 1.60 bits per heavy atom. The average Bonchev–Trinajstić information content (AvgIpc) is 2.74. The Balaban J connectivity index is 1.58. The Morgan fingerprint density at radius 2 is 2.40 bits per heavy atom. The second kappa shape index (κ2) is 5.18. The van der Waals surface area contributed by atoms with E-state index in [1.807, 2.05) is 19.9 Å². The van der Waals surface area contributed by atoms with Gasteiger partial charge in [-0.25, -0.2) is 0 Å². The quantitative estimate of drug-likeness (QED) is 0.823. The van der Waals surface area contributed by atoms with Crippen LogP contribution in [0, 0.1) is 19.8 Å². The Hall–Kier alpha value is -1.40. The largest absolute Gasteiger partial charge is 0.376 e. The molecule has 110 valence electrons. The van der Waals surface area contributed by atoms with E-state index in [0.29, 0.717) is 5.92 Å². The summed E-state index contributed by atoms with van der Waals surface area (Å²) in [7, 11) is 0. The van der Waals surface area contributed by atoms with E-state index in [2.05, 4.69) is 10.4 Å². The third kappa shape index (κ3) is 2.33. The van der Waals surface area contributed by atoms with Gasteiger partial charge in [-0.1, -0.05) is 0 Å². The SMILES string of the molecule is Cc1cc(C)n(CC(=O)NC2C(N)C3CCCOC32)n1. The van der Waals surface area contributed by atoms with Crippen molar-refractivity contribution in [1.82, 2.24) is 15.1 Å². The number of aryl methyl sites for hydroxylation is 2. The molecule has 1 saturated heterocycles. The topological polar surface area (TPSA) is 82.2 Å². The minimum Gasteiger partial charge on any atom is -0.376 e. The zero-order valence-corrected chi connectivity index (χ0v) is 12.0. The molecule has 1 aliphatic heterocycles. The van der Waals surface area contributed by atoms with E-state index in [1.54, 1.807) is 4.68 Å². The molecule has 4 unspecified atom stereocenters. The molecule has 2 heterocycles. The maximum atomic E-state index is 12.1. The molecule has 20 heavy (non-hydrogen) atoms. The van der Waals surface area contributed by atoms with Crippen LogP contribution in [-0.4, -0.2) is 40.5 Å². The molecule has 0 aromatic carbocycles. The number of fused-ring (bicyclic) bond motifs is 1. The molecule has 0 spiro atoms. The lowest BCUT2D eigenvalue weighted by Gasteiger charge is -2.52. The number of rotatable bonds is 3. The lowest BCUT2D eigenvalue weighted by atomic mass is 9.68. The van der Waals surface area contributed by atoms with Crippen LogP contribution in [0.4, 0.5) is 0 Å². The summed E-state index contributed by atoms with van der Waals surface area (Å²) in [5, 5.41) is 7.30. The number of hydrogen-bond donors (Lipinski definition) is 2. The van der Waals surface area contributed by atoms with Crippen LogP contribution in [0.1, 0.15) is 24.2 Å². The van der Waals surface area contributed by atoms with E-state index in [1.165, 1.54) is 0 Å². The van der Waals surface area contributed by atoms with Crippen LogP contribution >= 0.6 is 0 Å². The number of aromatic nitrogens is 2. The van der Waals surface area contributed by atoms with Crippen molar-refractivity contribution in [2.24, 2.45) is 11.7 Å². The maximum absolute atomic E-state index is 12.1. The number of nitrogens with one attached hydrogen (secondary N) is 1. The van der Waals surface area contributed by atoms with Gasteiger partial charge in [-0.2, -0.15) is 5.10 Å². The van der Waals surface area contributed by atoms with Crippen molar-refractivity contribution in [2.45, 2.75) is 51.4 Å². The van der Waals surface area contributed by atoms with Crippen molar-refractivity contribution in [3.8, 4) is 0 Å². The van der Waals surface area contributed by atoms with Gasteiger partial charge in [0.15, 0.2) is 0 Å². The van der Waals surface area contributed by atoms with Gasteiger partial charge in [-0.15, -0.1) is 0 Å². The van der Waals surface area contributed by atoms with Crippen LogP contribution in [0.25, 0.3) is 0 Å². The first-order chi connectivity index (χ1) is 9.56. The van der Waals surface area contributed by atoms with Crippen molar-refractivity contribution in [3.63, 3.8) is 0 Å². The van der Waals surface area contributed by atoms with Gasteiger partial charge < -0.3 is 15.8 Å². The molecule has 4 atom stereocenters. The zero-order valence-electron chi connectivity index (χ0n) is 12.0. The Labute approximate surface area is 118 Å². The van der Waals surface area contributed by atoms with Gasteiger partial charge >= 0.3 is 0 Å². The van der Waals surface area contributed by atoms with Crippen LogP contribution in [0.3, 0.4) is 0 Å². The number of carbonyl (C=O) groups is 1. The third-order valence-corrected chi connectivity index (χ3v) is 4.40. The summed E-state index contributed by atoms with van der Waals surface area (Å²) in [4.78, 5) is 12.1. The van der Waals surface area contributed by atoms with Crippen molar-refractivity contribution in [1.29, 1.82) is 0 Å². The van der Waals surface area contributed by atoms with Crippen LogP contribution < -0.4 is 11.1 Å². The predicted molar refractivity (Wildman–Crippen MR) is 74.1 cm³/mol. The highest BCUT2D eigenvalue weighted by Gasteiger charge is 2.51. The van der Waals surface area contributed by atoms with Crippen LogP contribution in [0.2, 0.25) is 0 Å². The highest BCUT2D eigenvalue weighted by Crippen LogP contribution is 2.36. The fourth-order valence-electron chi connectivity index (χ4n) is 3.33. The van der Waals surface area contributed by atoms with Crippen molar-refractivity contribution < 1.29 is 9.53 Å². The Morgan fingerprint density at radius 3 is 3.10 bits per heavy atom. The molecule has 2 fully saturated rings. The number of carbonyl (C=O) groups excluding carboxylic acids is 1. The summed E-state index contributed by atoms with van der Waals surface area (Å²) < 4.78 is 7.44. The van der Waals surface area contributed by atoms with E-state index in [9.17, 15) is 4.79 Å². The van der Waals surface area contributed by atoms with Crippen molar-refractivity contribution in [2.75, 3.05) is 6.61 Å². The number of nitrogens with zero attached hydrogens (tertiary/aromatic N) is 2. The van der Waals surface area contributed by atoms with Crippen LogP contribution in [0.15, 0.2) is 6.07 Å². The third-order valence-electron chi connectivity index (χ3n) is 4.40. The molecule has 1 amide bonds. The Bertz CT molecular complexity index is 513. The lowest BCUT2D eigenvalue weighted by Crippen LogP contribution is -2.72. The Kier molecular flexibility index (Phi) is 3.52. The molecular formula is C14H22N4O2. The van der Waals surface area contributed by atoms with Gasteiger partial charge in [0, 0.05) is 24.3 Å². The van der Waals surface area contributed by atoms with Crippen LogP contribution in [0.5, 0.6) is 0 Å². The average molecular weight is 278 g/mol. The van der Waals surface area contributed by atoms with Gasteiger partial charge in [-0.05, 0) is 32.8 Å². The molecule has 6 nitrogen and oxygen atoms in total. The monoisotopic (exact) mass is 278 g/mol. The van der Waals surface area contributed by atoms with E-state index >= 15 is 0 Å². The summed E-state index contributed by atoms with van der Waals surface area (Å²) in [6.45, 7) is 4.88. The number of nitrogens with two attached hydrogens (primary N) is 1. The van der Waals surface area contributed by atoms with Crippen molar-refractivity contribution in [3.05, 3.63) is 17.5 Å². The highest BCUT2D eigenvalue weighted by molar-refractivity contribution is 5.76. The molecule has 1 aromatic rings. The number of hydrogen-bond acceptors (Lipinski definition) is 4. The fourth-order valence-corrected chi connectivity index (χ4v) is 3.33. The summed E-state index contributed by atoms with van der Waals surface area (Å²) >= 11 is 0. The number of amides is 1. The molecule has 0 radical (unpaired) electrons. The first-order valence-corrected chi connectivity index (χ1v) is 7.24. The van der Waals surface area contributed by atoms with Crippen molar-refractivity contribution >= 4 is 5.91 Å². The summed E-state index contributed by atoms with van der Waals surface area (Å²) in [5.74, 6) is 0.354. The molecule has 1 aliphatic carbocycles. The molecule has 3 N–H and O–H groups in total. The summed E-state index contributed by atoms with van der Waals surface area (Å²) in [6.07, 6.45) is 2.28. The standard InChI is InChI=1S/C14H22N4O2/c1-8-6-9(2)18(17-8)7-11(19)16-13-12(15)10-4-3-5-20-14(10)13/h6,10,12-14H,3-5,7,15H2,1-2H3,(H,16,19). The molecule has 3 rings (SSSR count). The van der Waals surface area contributed by atoms with Gasteiger partial charge in [0.25, 0.3) is 0 Å². The summed E-state index contributed by atoms with van der Waals surface area (Å²) in [6, 6.07) is 1.93. The van der Waals surface area contributed by atoms with E-state index < -0.39 is 0 Å². The van der Waals surface area contributed by atoms with E-state index in [4.69, 9.17) is 10.5 Å². The smallest absolute Gasteiger partial charge is 0.242 e. The second-order valence-electron chi connectivity index (χ2n) is 5.90. The predicted octanol–water partition coefficient (Wildman–Crippen LogP) is 0.121. The van der Waals surface area contributed by atoms with Gasteiger partial charge in [0.05, 0.1) is 17.8 Å². The molecule has 1 aromatic heterocycles. The first-order valence-electron chi connectivity index (χ1n) is 7.24. The second-order valence-corrected chi connectivity index (χ2v) is 5.90. The molecule has 6 heteroatoms. The molecule has 1 saturated carbocycles. The molecular weight excluding hydrogens is 256 g/mol. The highest BCUT2D eigenvalue weighted by atomic mass is 16.5. The summed E-state index contributed by atoms with van der Waals surface area (Å²) in [5.41, 5.74) is 8.05. The van der Waals surface area contributed by atoms with E-state index in [-0.39, 0.29) is 30.6 Å². The normalized spacial score (nSPS) is 32.4. The molecule has 0 bridgehead atoms. The maximum Gasteiger partial charge on any atom is 0.242 e. The van der Waals surface area contributed by atoms with Crippen LogP contribution in [-0.2, 0) is 16.1 Å². The zero-order chi connectivity index (χ0) is 14.3. The minimum atomic E-state index is -0.0516. The van der Waals surface area contributed by atoms with Gasteiger partial charge in [0.2, 0.25) is 5.91 Å². The van der Waals surface area contributed by atoms with Gasteiger partial charge in [-0.3, -0.25) is 9.48 Å². The minimum absolute atomic E-state index is 0.0182. The van der Waals surface area contributed by atoms with E-state index in [0.717, 1.165) is 30.8 Å². The van der Waals surface area contributed by atoms with Gasteiger partial charge in [0.1, 0.15) is 6.54 Å². The molecule has 2 aliphatic rings. The lowest BCUT2D eigenvalue weighted by molar-refractivity contribution is -0.139. The first kappa shape index (κ1) is 13.6.